The van der Waals surface area contributed by atoms with Gasteiger partial charge in [0.2, 0.25) is 10.0 Å². The molecule has 0 aromatic heterocycles. The van der Waals surface area contributed by atoms with Crippen LogP contribution in [0.3, 0.4) is 0 Å². The molecule has 1 fully saturated rings. The Labute approximate surface area is 221 Å². The standard InChI is InChI=1S/C28H33F4N3O2S/c1-5-35(38(36,37)21-13-19(29)12-20(30)14-21)17-28(4)10-9-22(27(2,3)16-28)18-11-25(34-33-15-18)26-23(31)7-6-8-24(26)32/h6-8,11-14,18,22H,5,9-10,15-17H2,1-4H3/t18?,22?,28-/m1/s1. The van der Waals surface area contributed by atoms with Crippen molar-refractivity contribution in [2.75, 3.05) is 19.6 Å². The Hall–Kier alpha value is -2.59. The van der Waals surface area contributed by atoms with E-state index in [0.29, 0.717) is 25.5 Å². The van der Waals surface area contributed by atoms with Gasteiger partial charge in [0.1, 0.15) is 23.3 Å². The van der Waals surface area contributed by atoms with E-state index in [9.17, 15) is 26.0 Å². The van der Waals surface area contributed by atoms with Gasteiger partial charge in [-0.2, -0.15) is 14.5 Å². The summed E-state index contributed by atoms with van der Waals surface area (Å²) in [6.45, 7) is 8.73. The van der Waals surface area contributed by atoms with E-state index in [1.54, 1.807) is 6.92 Å². The molecular weight excluding hydrogens is 518 g/mol. The highest BCUT2D eigenvalue weighted by Crippen LogP contribution is 2.53. The van der Waals surface area contributed by atoms with Crippen LogP contribution in [-0.2, 0) is 10.0 Å². The van der Waals surface area contributed by atoms with Crippen molar-refractivity contribution in [2.24, 2.45) is 32.9 Å². The van der Waals surface area contributed by atoms with Gasteiger partial charge < -0.3 is 0 Å². The number of hydrogen-bond donors (Lipinski definition) is 0. The molecule has 0 bridgehead atoms. The van der Waals surface area contributed by atoms with Gasteiger partial charge in [-0.3, -0.25) is 0 Å². The third-order valence-electron chi connectivity index (χ3n) is 7.91. The molecule has 38 heavy (non-hydrogen) atoms. The number of hydrogen-bond acceptors (Lipinski definition) is 4. The lowest BCUT2D eigenvalue weighted by molar-refractivity contribution is 0.00844. The molecule has 206 valence electrons. The number of rotatable bonds is 7. The zero-order valence-corrected chi connectivity index (χ0v) is 22.8. The Kier molecular flexibility index (Phi) is 7.87. The molecule has 5 nitrogen and oxygen atoms in total. The van der Waals surface area contributed by atoms with Gasteiger partial charge in [-0.1, -0.05) is 39.8 Å². The minimum atomic E-state index is -4.11. The van der Waals surface area contributed by atoms with Crippen molar-refractivity contribution in [1.82, 2.24) is 4.31 Å². The van der Waals surface area contributed by atoms with E-state index in [0.717, 1.165) is 18.6 Å². The van der Waals surface area contributed by atoms with Crippen molar-refractivity contribution in [2.45, 2.75) is 51.9 Å². The van der Waals surface area contributed by atoms with Crippen LogP contribution >= 0.6 is 0 Å². The molecule has 2 aliphatic rings. The van der Waals surface area contributed by atoms with Crippen molar-refractivity contribution in [3.05, 3.63) is 71.3 Å². The van der Waals surface area contributed by atoms with E-state index in [2.05, 4.69) is 24.1 Å². The summed E-state index contributed by atoms with van der Waals surface area (Å²) in [6.07, 6.45) is 3.94. The molecule has 0 N–H and O–H groups in total. The van der Waals surface area contributed by atoms with E-state index >= 15 is 0 Å². The highest BCUT2D eigenvalue weighted by atomic mass is 32.2. The third kappa shape index (κ3) is 5.71. The normalized spacial score (nSPS) is 25.4. The predicted octanol–water partition coefficient (Wildman–Crippen LogP) is 7.21. The van der Waals surface area contributed by atoms with E-state index in [4.69, 9.17) is 0 Å². The molecule has 1 saturated carbocycles. The maximum Gasteiger partial charge on any atom is 0.243 e. The van der Waals surface area contributed by atoms with Gasteiger partial charge in [0.05, 0.1) is 22.7 Å². The highest BCUT2D eigenvalue weighted by Gasteiger charge is 2.47. The fraction of sp³-hybridized carbons (Fsp3) is 0.500. The Balaban J connectivity index is 1.55. The fourth-order valence-corrected chi connectivity index (χ4v) is 8.02. The first-order valence-electron chi connectivity index (χ1n) is 12.8. The third-order valence-corrected chi connectivity index (χ3v) is 9.81. The summed E-state index contributed by atoms with van der Waals surface area (Å²) in [4.78, 5) is -0.404. The quantitative estimate of drug-likeness (QED) is 0.342. The van der Waals surface area contributed by atoms with Crippen LogP contribution in [0.25, 0.3) is 5.70 Å². The molecule has 2 aromatic carbocycles. The lowest BCUT2D eigenvalue weighted by Crippen LogP contribution is -2.47. The van der Waals surface area contributed by atoms with Crippen LogP contribution in [0.2, 0.25) is 0 Å². The van der Waals surface area contributed by atoms with Crippen LogP contribution in [-0.4, -0.2) is 32.4 Å². The largest absolute Gasteiger partial charge is 0.243 e. The van der Waals surface area contributed by atoms with Gasteiger partial charge in [-0.15, -0.1) is 0 Å². The maximum absolute atomic E-state index is 14.4. The molecule has 3 atom stereocenters. The molecule has 0 radical (unpaired) electrons. The van der Waals surface area contributed by atoms with Crippen molar-refractivity contribution in [1.29, 1.82) is 0 Å². The van der Waals surface area contributed by atoms with Gasteiger partial charge >= 0.3 is 0 Å². The number of nitrogens with zero attached hydrogens (tertiary/aromatic N) is 3. The summed E-state index contributed by atoms with van der Waals surface area (Å²) in [5, 5.41) is 8.23. The van der Waals surface area contributed by atoms with Crippen LogP contribution in [0.15, 0.2) is 57.6 Å². The van der Waals surface area contributed by atoms with E-state index in [1.165, 1.54) is 22.5 Å². The summed E-state index contributed by atoms with van der Waals surface area (Å²) < 4.78 is 84.2. The Morgan fingerprint density at radius 1 is 1.03 bits per heavy atom. The average Bonchev–Trinajstić information content (AvgIpc) is 2.81. The topological polar surface area (TPSA) is 62.1 Å². The van der Waals surface area contributed by atoms with Crippen LogP contribution in [0.5, 0.6) is 0 Å². The van der Waals surface area contributed by atoms with Crippen LogP contribution in [0, 0.1) is 45.9 Å². The molecule has 10 heteroatoms. The monoisotopic (exact) mass is 551 g/mol. The van der Waals surface area contributed by atoms with Gasteiger partial charge in [0.25, 0.3) is 0 Å². The van der Waals surface area contributed by atoms with Crippen LogP contribution < -0.4 is 0 Å². The smallest absolute Gasteiger partial charge is 0.207 e. The first-order chi connectivity index (χ1) is 17.8. The number of sulfonamides is 1. The number of benzene rings is 2. The van der Waals surface area contributed by atoms with Crippen molar-refractivity contribution >= 4 is 15.7 Å². The molecule has 1 heterocycles. The van der Waals surface area contributed by atoms with Crippen molar-refractivity contribution < 1.29 is 26.0 Å². The van der Waals surface area contributed by atoms with Gasteiger partial charge in [0, 0.05) is 25.1 Å². The number of halogens is 4. The van der Waals surface area contributed by atoms with E-state index in [1.807, 2.05) is 13.0 Å². The first kappa shape index (κ1) is 28.4. The second-order valence-corrected chi connectivity index (χ2v) is 13.3. The second-order valence-electron chi connectivity index (χ2n) is 11.4. The summed E-state index contributed by atoms with van der Waals surface area (Å²) >= 11 is 0. The zero-order chi connectivity index (χ0) is 27.9. The van der Waals surface area contributed by atoms with Gasteiger partial charge in [-0.25, -0.2) is 26.0 Å². The molecule has 4 rings (SSSR count). The van der Waals surface area contributed by atoms with Crippen LogP contribution in [0.4, 0.5) is 17.6 Å². The lowest BCUT2D eigenvalue weighted by atomic mass is 9.56. The summed E-state index contributed by atoms with van der Waals surface area (Å²) in [6, 6.07) is 6.02. The SMILES string of the molecule is CCN(C[C@]1(C)CCC(C2C=C(c3c(F)cccc3F)N=NC2)C(C)(C)C1)S(=O)(=O)c1cc(F)cc(F)c1. The Morgan fingerprint density at radius 2 is 1.66 bits per heavy atom. The van der Waals surface area contributed by atoms with Crippen molar-refractivity contribution in [3.8, 4) is 0 Å². The summed E-state index contributed by atoms with van der Waals surface area (Å²) in [5.41, 5.74) is -0.646. The first-order valence-corrected chi connectivity index (χ1v) is 14.2. The highest BCUT2D eigenvalue weighted by molar-refractivity contribution is 7.89. The predicted molar refractivity (Wildman–Crippen MR) is 138 cm³/mol. The van der Waals surface area contributed by atoms with Crippen LogP contribution in [0.1, 0.15) is 52.5 Å². The molecule has 0 amide bonds. The molecule has 2 unspecified atom stereocenters. The molecule has 0 saturated heterocycles. The second kappa shape index (κ2) is 10.5. The zero-order valence-electron chi connectivity index (χ0n) is 22.0. The summed E-state index contributed by atoms with van der Waals surface area (Å²) in [7, 11) is -4.11. The van der Waals surface area contributed by atoms with Gasteiger partial charge in [0.15, 0.2) is 0 Å². The maximum atomic E-state index is 14.4. The van der Waals surface area contributed by atoms with E-state index in [-0.39, 0.29) is 41.6 Å². The minimum Gasteiger partial charge on any atom is -0.207 e. The molecule has 1 aliphatic heterocycles. The minimum absolute atomic E-state index is 0.0812. The Bertz CT molecular complexity index is 1340. The lowest BCUT2D eigenvalue weighted by Gasteiger charge is -2.51. The van der Waals surface area contributed by atoms with Crippen molar-refractivity contribution in [3.63, 3.8) is 0 Å². The molecular formula is C28H33F4N3O2S. The van der Waals surface area contributed by atoms with E-state index < -0.39 is 43.6 Å². The fourth-order valence-electron chi connectivity index (χ4n) is 6.38. The van der Waals surface area contributed by atoms with Gasteiger partial charge in [-0.05, 0) is 60.3 Å². The summed E-state index contributed by atoms with van der Waals surface area (Å²) in [5.74, 6) is -3.22. The molecule has 2 aromatic rings. The average molecular weight is 552 g/mol. The molecule has 1 aliphatic carbocycles. The molecule has 0 spiro atoms. The number of azo groups is 1. The Morgan fingerprint density at radius 3 is 2.24 bits per heavy atom.